The van der Waals surface area contributed by atoms with Crippen molar-refractivity contribution in [3.8, 4) is 5.75 Å². The first-order valence-electron chi connectivity index (χ1n) is 7.87. The van der Waals surface area contributed by atoms with Crippen LogP contribution in [0.1, 0.15) is 37.7 Å². The molecule has 4 nitrogen and oxygen atoms in total. The summed E-state index contributed by atoms with van der Waals surface area (Å²) in [5.41, 5.74) is 2.25. The third kappa shape index (κ3) is 3.21. The Balaban J connectivity index is 1.59. The second-order valence-corrected chi connectivity index (χ2v) is 5.82. The van der Waals surface area contributed by atoms with Gasteiger partial charge < -0.3 is 14.4 Å². The first-order valence-corrected chi connectivity index (χ1v) is 7.87. The predicted octanol–water partition coefficient (Wildman–Crippen LogP) is 2.93. The second-order valence-electron chi connectivity index (χ2n) is 5.82. The van der Waals surface area contributed by atoms with Gasteiger partial charge in [0.2, 0.25) is 5.91 Å². The minimum absolute atomic E-state index is 0.216. The Morgan fingerprint density at radius 3 is 3.10 bits per heavy atom. The van der Waals surface area contributed by atoms with Crippen molar-refractivity contribution in [1.29, 1.82) is 0 Å². The number of hydrogen-bond acceptors (Lipinski definition) is 3. The highest BCUT2D eigenvalue weighted by Crippen LogP contribution is 2.32. The van der Waals surface area contributed by atoms with Gasteiger partial charge in [-0.15, -0.1) is 0 Å². The van der Waals surface area contributed by atoms with E-state index in [2.05, 4.69) is 0 Å². The maximum Gasteiger partial charge on any atom is 0.227 e. The summed E-state index contributed by atoms with van der Waals surface area (Å²) in [4.78, 5) is 14.4. The first kappa shape index (κ1) is 14.4. The molecule has 0 aliphatic carbocycles. The summed E-state index contributed by atoms with van der Waals surface area (Å²) >= 11 is 0. The molecule has 1 aromatic carbocycles. The van der Waals surface area contributed by atoms with Gasteiger partial charge in [-0.3, -0.25) is 4.79 Å². The third-order valence-corrected chi connectivity index (χ3v) is 4.44. The van der Waals surface area contributed by atoms with Gasteiger partial charge in [-0.2, -0.15) is 0 Å². The van der Waals surface area contributed by atoms with E-state index in [-0.39, 0.29) is 12.0 Å². The van der Waals surface area contributed by atoms with E-state index in [1.54, 1.807) is 7.11 Å². The van der Waals surface area contributed by atoms with Crippen LogP contribution in [-0.4, -0.2) is 32.3 Å². The van der Waals surface area contributed by atoms with Crippen molar-refractivity contribution in [2.45, 2.75) is 44.6 Å². The standard InChI is InChI=1S/C17H23NO3/c1-20-15-5-7-16-13(12-15)9-10-18(16)17(19)8-6-14-4-2-3-11-21-14/h5,7,12,14H,2-4,6,8-11H2,1H3. The van der Waals surface area contributed by atoms with Crippen molar-refractivity contribution >= 4 is 11.6 Å². The van der Waals surface area contributed by atoms with Crippen LogP contribution in [-0.2, 0) is 16.0 Å². The monoisotopic (exact) mass is 289 g/mol. The second kappa shape index (κ2) is 6.48. The zero-order valence-electron chi connectivity index (χ0n) is 12.6. The number of nitrogens with zero attached hydrogens (tertiary/aromatic N) is 1. The van der Waals surface area contributed by atoms with Gasteiger partial charge in [-0.05, 0) is 55.9 Å². The van der Waals surface area contributed by atoms with Crippen molar-refractivity contribution in [2.24, 2.45) is 0 Å². The van der Waals surface area contributed by atoms with E-state index in [1.165, 1.54) is 12.0 Å². The average molecular weight is 289 g/mol. The summed E-state index contributed by atoms with van der Waals surface area (Å²) in [5, 5.41) is 0. The first-order chi connectivity index (χ1) is 10.3. The Hall–Kier alpha value is -1.55. The molecular formula is C17H23NO3. The lowest BCUT2D eigenvalue weighted by Gasteiger charge is -2.23. The minimum atomic E-state index is 0.216. The maximum absolute atomic E-state index is 12.4. The van der Waals surface area contributed by atoms with E-state index in [0.29, 0.717) is 6.42 Å². The van der Waals surface area contributed by atoms with Crippen LogP contribution in [0.2, 0.25) is 0 Å². The molecule has 0 aromatic heterocycles. The zero-order valence-corrected chi connectivity index (χ0v) is 12.6. The quantitative estimate of drug-likeness (QED) is 0.855. The van der Waals surface area contributed by atoms with E-state index in [4.69, 9.17) is 9.47 Å². The van der Waals surface area contributed by atoms with E-state index >= 15 is 0 Å². The smallest absolute Gasteiger partial charge is 0.227 e. The molecule has 0 N–H and O–H groups in total. The molecular weight excluding hydrogens is 266 g/mol. The van der Waals surface area contributed by atoms with Crippen molar-refractivity contribution in [1.82, 2.24) is 0 Å². The van der Waals surface area contributed by atoms with Crippen molar-refractivity contribution in [2.75, 3.05) is 25.2 Å². The molecule has 3 rings (SSSR count). The van der Waals surface area contributed by atoms with Gasteiger partial charge in [-0.1, -0.05) is 0 Å². The lowest BCUT2D eigenvalue weighted by molar-refractivity contribution is -0.119. The number of hydrogen-bond donors (Lipinski definition) is 0. The fraction of sp³-hybridized carbons (Fsp3) is 0.588. The Bertz CT molecular complexity index is 509. The highest BCUT2D eigenvalue weighted by Gasteiger charge is 2.25. The predicted molar refractivity (Wildman–Crippen MR) is 81.9 cm³/mol. The van der Waals surface area contributed by atoms with Crippen LogP contribution in [0.4, 0.5) is 5.69 Å². The molecule has 0 spiro atoms. The molecule has 0 radical (unpaired) electrons. The summed E-state index contributed by atoms with van der Waals surface area (Å²) in [6, 6.07) is 5.96. The fourth-order valence-electron chi connectivity index (χ4n) is 3.22. The Labute approximate surface area is 126 Å². The van der Waals surface area contributed by atoms with Crippen LogP contribution in [0.5, 0.6) is 5.75 Å². The summed E-state index contributed by atoms with van der Waals surface area (Å²) in [5.74, 6) is 1.08. The average Bonchev–Trinajstić information content (AvgIpc) is 2.96. The molecule has 2 aliphatic heterocycles. The number of amides is 1. The third-order valence-electron chi connectivity index (χ3n) is 4.44. The van der Waals surface area contributed by atoms with Gasteiger partial charge in [0.15, 0.2) is 0 Å². The number of benzene rings is 1. The minimum Gasteiger partial charge on any atom is -0.497 e. The number of carbonyl (C=O) groups excluding carboxylic acids is 1. The van der Waals surface area contributed by atoms with Crippen LogP contribution in [0.3, 0.4) is 0 Å². The van der Waals surface area contributed by atoms with Crippen LogP contribution >= 0.6 is 0 Å². The SMILES string of the molecule is COc1ccc2c(c1)CCN2C(=O)CCC1CCCCO1. The number of ether oxygens (including phenoxy) is 2. The summed E-state index contributed by atoms with van der Waals surface area (Å²) in [6.45, 7) is 1.64. The van der Waals surface area contributed by atoms with Gasteiger partial charge in [-0.25, -0.2) is 0 Å². The molecule has 1 aromatic rings. The normalized spacial score (nSPS) is 21.2. The fourth-order valence-corrected chi connectivity index (χ4v) is 3.22. The zero-order chi connectivity index (χ0) is 14.7. The number of rotatable bonds is 4. The highest BCUT2D eigenvalue weighted by atomic mass is 16.5. The summed E-state index contributed by atoms with van der Waals surface area (Å²) < 4.78 is 10.9. The molecule has 114 valence electrons. The Kier molecular flexibility index (Phi) is 4.44. The van der Waals surface area contributed by atoms with E-state index < -0.39 is 0 Å². The highest BCUT2D eigenvalue weighted by molar-refractivity contribution is 5.95. The van der Waals surface area contributed by atoms with E-state index in [0.717, 1.165) is 50.3 Å². The largest absolute Gasteiger partial charge is 0.497 e. The number of fused-ring (bicyclic) bond motifs is 1. The molecule has 4 heteroatoms. The van der Waals surface area contributed by atoms with Gasteiger partial charge in [0, 0.05) is 25.3 Å². The number of carbonyl (C=O) groups is 1. The van der Waals surface area contributed by atoms with Gasteiger partial charge in [0.1, 0.15) is 5.75 Å². The van der Waals surface area contributed by atoms with Crippen LogP contribution < -0.4 is 9.64 Å². The van der Waals surface area contributed by atoms with Gasteiger partial charge in [0.25, 0.3) is 0 Å². The molecule has 1 amide bonds. The lowest BCUT2D eigenvalue weighted by atomic mass is 10.0. The molecule has 1 saturated heterocycles. The number of anilines is 1. The maximum atomic E-state index is 12.4. The summed E-state index contributed by atoms with van der Waals surface area (Å²) in [7, 11) is 1.67. The van der Waals surface area contributed by atoms with Crippen molar-refractivity contribution in [3.63, 3.8) is 0 Å². The Morgan fingerprint density at radius 2 is 2.33 bits per heavy atom. The van der Waals surface area contributed by atoms with Gasteiger partial charge >= 0.3 is 0 Å². The van der Waals surface area contributed by atoms with Crippen LogP contribution in [0.25, 0.3) is 0 Å². The molecule has 1 atom stereocenters. The topological polar surface area (TPSA) is 38.8 Å². The van der Waals surface area contributed by atoms with Gasteiger partial charge in [0.05, 0.1) is 13.2 Å². The van der Waals surface area contributed by atoms with Crippen molar-refractivity contribution < 1.29 is 14.3 Å². The van der Waals surface area contributed by atoms with E-state index in [9.17, 15) is 4.79 Å². The van der Waals surface area contributed by atoms with Crippen LogP contribution in [0, 0.1) is 0 Å². The van der Waals surface area contributed by atoms with Crippen LogP contribution in [0.15, 0.2) is 18.2 Å². The molecule has 21 heavy (non-hydrogen) atoms. The molecule has 1 fully saturated rings. The molecule has 0 bridgehead atoms. The van der Waals surface area contributed by atoms with E-state index in [1.807, 2.05) is 23.1 Å². The summed E-state index contributed by atoms with van der Waals surface area (Å²) in [6.07, 6.45) is 6.10. The molecule has 2 heterocycles. The molecule has 0 saturated carbocycles. The lowest BCUT2D eigenvalue weighted by Crippen LogP contribution is -2.30. The molecule has 2 aliphatic rings. The number of methoxy groups -OCH3 is 1. The van der Waals surface area contributed by atoms with Crippen molar-refractivity contribution in [3.05, 3.63) is 23.8 Å². The molecule has 1 unspecified atom stereocenters. The Morgan fingerprint density at radius 1 is 1.43 bits per heavy atom.